The van der Waals surface area contributed by atoms with Crippen LogP contribution in [-0.4, -0.2) is 62.0 Å². The lowest BCUT2D eigenvalue weighted by atomic mass is 10.0. The maximum Gasteiger partial charge on any atom is 0.407 e. The lowest BCUT2D eigenvalue weighted by Crippen LogP contribution is -2.44. The van der Waals surface area contributed by atoms with Gasteiger partial charge in [-0.2, -0.15) is 0 Å². The van der Waals surface area contributed by atoms with Crippen molar-refractivity contribution in [3.63, 3.8) is 0 Å². The molecule has 2 aliphatic rings. The van der Waals surface area contributed by atoms with Crippen molar-refractivity contribution in [2.75, 3.05) is 23.7 Å². The van der Waals surface area contributed by atoms with Gasteiger partial charge in [-0.25, -0.2) is 28.5 Å². The van der Waals surface area contributed by atoms with E-state index in [-0.39, 0.29) is 18.9 Å². The standard InChI is InChI=1S/C32H32F2N6O4/c1-19-11-12-21-22(7-2-10-25(21)38-28(41)24-9-3-14-32(24,33)34)27(19)44-29-23(8-4-15-35-29)26-13-16-36-30(39-26)37-20-6-5-17-40(18-20)31(42)43/h2,4,7-8,10-13,15-16,20,24H,3,5-6,9,14,17-18H2,1H3,(H,38,41)(H,42,43)(H,36,37,39). The zero-order valence-electron chi connectivity index (χ0n) is 24.1. The molecule has 10 nitrogen and oxygen atoms in total. The minimum atomic E-state index is -3.01. The molecule has 2 atom stereocenters. The Kier molecular flexibility index (Phi) is 7.98. The first-order chi connectivity index (χ1) is 21.2. The van der Waals surface area contributed by atoms with E-state index in [4.69, 9.17) is 4.74 Å². The number of benzene rings is 2. The number of likely N-dealkylation sites (tertiary alicyclic amines) is 1. The van der Waals surface area contributed by atoms with Gasteiger partial charge in [-0.05, 0) is 62.4 Å². The van der Waals surface area contributed by atoms with E-state index in [1.54, 1.807) is 36.7 Å². The van der Waals surface area contributed by atoms with Crippen LogP contribution in [-0.2, 0) is 4.79 Å². The first-order valence-corrected chi connectivity index (χ1v) is 14.6. The van der Waals surface area contributed by atoms with Crippen molar-refractivity contribution in [2.45, 2.75) is 51.0 Å². The van der Waals surface area contributed by atoms with Gasteiger partial charge < -0.3 is 25.4 Å². The molecule has 2 unspecified atom stereocenters. The van der Waals surface area contributed by atoms with E-state index in [0.717, 1.165) is 18.4 Å². The van der Waals surface area contributed by atoms with Crippen LogP contribution < -0.4 is 15.4 Å². The number of hydrogen-bond donors (Lipinski definition) is 3. The number of amides is 2. The fourth-order valence-corrected chi connectivity index (χ4v) is 5.95. The van der Waals surface area contributed by atoms with E-state index in [9.17, 15) is 23.5 Å². The summed E-state index contributed by atoms with van der Waals surface area (Å²) in [5.41, 5.74) is 2.40. The van der Waals surface area contributed by atoms with Gasteiger partial charge in [-0.15, -0.1) is 0 Å². The van der Waals surface area contributed by atoms with Crippen LogP contribution in [0.2, 0.25) is 0 Å². The van der Waals surface area contributed by atoms with Gasteiger partial charge in [0.15, 0.2) is 0 Å². The summed E-state index contributed by atoms with van der Waals surface area (Å²) in [6.07, 6.45) is 4.01. The molecule has 44 heavy (non-hydrogen) atoms. The number of nitrogens with one attached hydrogen (secondary N) is 2. The Labute approximate surface area is 252 Å². The second kappa shape index (κ2) is 12.0. The molecular weight excluding hydrogens is 570 g/mol. The Morgan fingerprint density at radius 1 is 1.02 bits per heavy atom. The molecule has 0 spiro atoms. The molecule has 0 radical (unpaired) electrons. The van der Waals surface area contributed by atoms with Crippen molar-refractivity contribution in [3.05, 3.63) is 66.5 Å². The van der Waals surface area contributed by atoms with Gasteiger partial charge in [0.1, 0.15) is 11.7 Å². The maximum atomic E-state index is 14.3. The molecule has 1 saturated heterocycles. The summed E-state index contributed by atoms with van der Waals surface area (Å²) in [4.78, 5) is 39.1. The van der Waals surface area contributed by atoms with Gasteiger partial charge >= 0.3 is 6.09 Å². The third kappa shape index (κ3) is 5.97. The third-order valence-corrected chi connectivity index (χ3v) is 8.22. The van der Waals surface area contributed by atoms with E-state index >= 15 is 0 Å². The lowest BCUT2D eigenvalue weighted by molar-refractivity contribution is -0.130. The van der Waals surface area contributed by atoms with E-state index in [2.05, 4.69) is 25.6 Å². The molecule has 1 aliphatic carbocycles. The summed E-state index contributed by atoms with van der Waals surface area (Å²) in [5, 5.41) is 16.7. The number of rotatable bonds is 7. The Hall–Kier alpha value is -4.87. The molecule has 1 saturated carbocycles. The van der Waals surface area contributed by atoms with E-state index in [1.807, 2.05) is 31.2 Å². The molecule has 3 N–H and O–H groups in total. The molecule has 2 fully saturated rings. The van der Waals surface area contributed by atoms with Gasteiger partial charge in [0.2, 0.25) is 17.7 Å². The highest BCUT2D eigenvalue weighted by Gasteiger charge is 2.48. The van der Waals surface area contributed by atoms with Gasteiger partial charge in [-0.1, -0.05) is 24.3 Å². The van der Waals surface area contributed by atoms with Crippen LogP contribution in [0.3, 0.4) is 0 Å². The number of aromatic nitrogens is 3. The summed E-state index contributed by atoms with van der Waals surface area (Å²) in [5.74, 6) is -3.89. The van der Waals surface area contributed by atoms with Crippen molar-refractivity contribution in [1.82, 2.24) is 19.9 Å². The van der Waals surface area contributed by atoms with Crippen LogP contribution in [0, 0.1) is 12.8 Å². The number of nitrogens with zero attached hydrogens (tertiary/aromatic N) is 4. The Bertz CT molecular complexity index is 1720. The van der Waals surface area contributed by atoms with Crippen LogP contribution >= 0.6 is 0 Å². The summed E-state index contributed by atoms with van der Waals surface area (Å²) in [6.45, 7) is 2.73. The van der Waals surface area contributed by atoms with Crippen molar-refractivity contribution in [3.8, 4) is 22.9 Å². The highest BCUT2D eigenvalue weighted by atomic mass is 19.3. The number of aryl methyl sites for hydroxylation is 1. The van der Waals surface area contributed by atoms with E-state index < -0.39 is 23.8 Å². The van der Waals surface area contributed by atoms with Gasteiger partial charge in [0, 0.05) is 54.4 Å². The number of fused-ring (bicyclic) bond motifs is 1. The van der Waals surface area contributed by atoms with Gasteiger partial charge in [-0.3, -0.25) is 4.79 Å². The summed E-state index contributed by atoms with van der Waals surface area (Å²) in [6, 6.07) is 14.2. The number of hydrogen-bond acceptors (Lipinski definition) is 7. The van der Waals surface area contributed by atoms with Crippen molar-refractivity contribution in [1.29, 1.82) is 0 Å². The highest BCUT2D eigenvalue weighted by Crippen LogP contribution is 2.42. The predicted molar refractivity (Wildman–Crippen MR) is 161 cm³/mol. The number of carboxylic acid groups (broad SMARTS) is 1. The average molecular weight is 603 g/mol. The van der Waals surface area contributed by atoms with E-state index in [1.165, 1.54) is 4.90 Å². The van der Waals surface area contributed by atoms with E-state index in [0.29, 0.717) is 64.8 Å². The van der Waals surface area contributed by atoms with Crippen LogP contribution in [0.4, 0.5) is 25.2 Å². The van der Waals surface area contributed by atoms with Crippen LogP contribution in [0.15, 0.2) is 60.9 Å². The minimum absolute atomic E-state index is 0.118. The maximum absolute atomic E-state index is 14.3. The quantitative estimate of drug-likeness (QED) is 0.213. The molecule has 6 rings (SSSR count). The fraction of sp³-hybridized carbons (Fsp3) is 0.344. The second-order valence-corrected chi connectivity index (χ2v) is 11.2. The molecule has 4 aromatic rings. The number of carbonyl (C=O) groups is 2. The first-order valence-electron chi connectivity index (χ1n) is 14.6. The molecular formula is C32H32F2N6O4. The Morgan fingerprint density at radius 2 is 1.89 bits per heavy atom. The summed E-state index contributed by atoms with van der Waals surface area (Å²) < 4.78 is 35.0. The topological polar surface area (TPSA) is 130 Å². The smallest absolute Gasteiger partial charge is 0.407 e. The molecule has 1 aliphatic heterocycles. The zero-order chi connectivity index (χ0) is 30.8. The van der Waals surface area contributed by atoms with Crippen LogP contribution in [0.1, 0.15) is 37.7 Å². The summed E-state index contributed by atoms with van der Waals surface area (Å²) >= 11 is 0. The molecule has 228 valence electrons. The number of ether oxygens (including phenoxy) is 1. The Morgan fingerprint density at radius 3 is 2.68 bits per heavy atom. The molecule has 2 aromatic heterocycles. The fourth-order valence-electron chi connectivity index (χ4n) is 5.95. The first kappa shape index (κ1) is 29.2. The lowest BCUT2D eigenvalue weighted by Gasteiger charge is -2.31. The molecule has 2 amide bonds. The van der Waals surface area contributed by atoms with Crippen molar-refractivity contribution >= 4 is 34.4 Å². The minimum Gasteiger partial charge on any atom is -0.465 e. The predicted octanol–water partition coefficient (Wildman–Crippen LogP) is 6.72. The molecule has 12 heteroatoms. The summed E-state index contributed by atoms with van der Waals surface area (Å²) in [7, 11) is 0. The number of halogens is 2. The van der Waals surface area contributed by atoms with Gasteiger partial charge in [0.05, 0.1) is 11.3 Å². The molecule has 0 bridgehead atoms. The highest BCUT2D eigenvalue weighted by molar-refractivity contribution is 6.05. The zero-order valence-corrected chi connectivity index (χ0v) is 24.1. The number of piperidine rings is 1. The number of anilines is 2. The van der Waals surface area contributed by atoms with Crippen LogP contribution in [0.25, 0.3) is 22.0 Å². The number of pyridine rings is 1. The van der Waals surface area contributed by atoms with Crippen LogP contribution in [0.5, 0.6) is 11.6 Å². The SMILES string of the molecule is Cc1ccc2c(NC(=O)C3CCCC3(F)F)cccc2c1Oc1ncccc1-c1ccnc(NC2CCCN(C(=O)O)C2)n1. The third-order valence-electron chi connectivity index (χ3n) is 8.22. The molecule has 3 heterocycles. The monoisotopic (exact) mass is 602 g/mol. The largest absolute Gasteiger partial charge is 0.465 e. The number of alkyl halides is 2. The average Bonchev–Trinajstić information content (AvgIpc) is 3.38. The normalized spacial score (nSPS) is 19.5. The second-order valence-electron chi connectivity index (χ2n) is 11.2. The van der Waals surface area contributed by atoms with Crippen molar-refractivity contribution in [2.24, 2.45) is 5.92 Å². The molecule has 2 aromatic carbocycles. The van der Waals surface area contributed by atoms with Crippen molar-refractivity contribution < 1.29 is 28.2 Å². The number of carbonyl (C=O) groups excluding carboxylic acids is 1. The van der Waals surface area contributed by atoms with Gasteiger partial charge in [0.25, 0.3) is 5.92 Å². The Balaban J connectivity index is 1.27.